The van der Waals surface area contributed by atoms with Gasteiger partial charge in [-0.2, -0.15) is 0 Å². The van der Waals surface area contributed by atoms with Crippen LogP contribution in [0.5, 0.6) is 5.75 Å². The molecule has 1 aliphatic heterocycles. The van der Waals surface area contributed by atoms with Gasteiger partial charge < -0.3 is 39.8 Å². The Labute approximate surface area is 316 Å². The molecule has 54 heavy (non-hydrogen) atoms. The monoisotopic (exact) mass is 744 g/mol. The molecule has 12 nitrogen and oxygen atoms in total. The summed E-state index contributed by atoms with van der Waals surface area (Å²) in [6, 6.07) is 13.6. The van der Waals surface area contributed by atoms with Crippen LogP contribution >= 0.6 is 0 Å². The molecular formula is C42H52N2O10. The lowest BCUT2D eigenvalue weighted by atomic mass is 9.91. The number of esters is 2. The van der Waals surface area contributed by atoms with Gasteiger partial charge in [-0.15, -0.1) is 0 Å². The van der Waals surface area contributed by atoms with Crippen molar-refractivity contribution in [2.45, 2.75) is 114 Å². The van der Waals surface area contributed by atoms with E-state index in [4.69, 9.17) is 18.9 Å². The van der Waals surface area contributed by atoms with Crippen molar-refractivity contribution in [3.8, 4) is 5.75 Å². The summed E-state index contributed by atoms with van der Waals surface area (Å²) in [7, 11) is 0. The Hall–Kier alpha value is -4.52. The van der Waals surface area contributed by atoms with Gasteiger partial charge in [-0.1, -0.05) is 42.5 Å². The molecule has 3 fully saturated rings. The van der Waals surface area contributed by atoms with Crippen molar-refractivity contribution in [1.29, 1.82) is 0 Å². The molecule has 0 radical (unpaired) electrons. The Morgan fingerprint density at radius 1 is 1.00 bits per heavy atom. The molecule has 1 heterocycles. The predicted molar refractivity (Wildman–Crippen MR) is 199 cm³/mol. The number of carbonyl (C=O) groups is 4. The highest BCUT2D eigenvalue weighted by Gasteiger charge is 2.64. The molecule has 4 unspecified atom stereocenters. The summed E-state index contributed by atoms with van der Waals surface area (Å²) in [6.45, 7) is 4.99. The first-order valence-corrected chi connectivity index (χ1v) is 19.0. The molecule has 0 bridgehead atoms. The van der Waals surface area contributed by atoms with Gasteiger partial charge in [0.1, 0.15) is 29.7 Å². The van der Waals surface area contributed by atoms with Crippen LogP contribution in [0.1, 0.15) is 93.6 Å². The summed E-state index contributed by atoms with van der Waals surface area (Å²) in [6.07, 6.45) is 8.47. The van der Waals surface area contributed by atoms with E-state index in [0.29, 0.717) is 17.6 Å². The molecule has 1 saturated heterocycles. The molecule has 4 N–H and O–H groups in total. The molecule has 2 aromatic rings. The van der Waals surface area contributed by atoms with E-state index in [1.165, 1.54) is 0 Å². The first kappa shape index (κ1) is 39.2. The van der Waals surface area contributed by atoms with E-state index >= 15 is 0 Å². The summed E-state index contributed by atoms with van der Waals surface area (Å²) in [5.41, 5.74) is 1.69. The largest absolute Gasteiger partial charge is 0.508 e. The van der Waals surface area contributed by atoms with Gasteiger partial charge in [-0.3, -0.25) is 14.4 Å². The normalized spacial score (nSPS) is 22.5. The van der Waals surface area contributed by atoms with Crippen LogP contribution in [0, 0.1) is 11.8 Å². The second-order valence-electron chi connectivity index (χ2n) is 15.7. The number of aromatic hydroxyl groups is 1. The van der Waals surface area contributed by atoms with Gasteiger partial charge in [-0.05, 0) is 94.7 Å². The van der Waals surface area contributed by atoms with Crippen molar-refractivity contribution in [2.75, 3.05) is 13.2 Å². The molecule has 2 saturated carbocycles. The third-order valence-corrected chi connectivity index (χ3v) is 10.1. The highest BCUT2D eigenvalue weighted by molar-refractivity contribution is 5.94. The number of para-hydroxylation sites is 1. The van der Waals surface area contributed by atoms with Gasteiger partial charge >= 0.3 is 11.9 Å². The number of nitrogens with one attached hydrogen (secondary N) is 2. The number of aliphatic hydroxyl groups excluding tert-OH is 1. The zero-order valence-electron chi connectivity index (χ0n) is 31.3. The Bertz CT molecular complexity index is 1740. The summed E-state index contributed by atoms with van der Waals surface area (Å²) in [4.78, 5) is 51.9. The first-order chi connectivity index (χ1) is 25.8. The highest BCUT2D eigenvalue weighted by Crippen LogP contribution is 2.59. The lowest BCUT2D eigenvalue weighted by Crippen LogP contribution is -2.44. The van der Waals surface area contributed by atoms with Gasteiger partial charge in [0.2, 0.25) is 11.8 Å². The van der Waals surface area contributed by atoms with Crippen LogP contribution in [0.4, 0.5) is 0 Å². The van der Waals surface area contributed by atoms with E-state index < -0.39 is 53.6 Å². The minimum atomic E-state index is -0.786. The zero-order valence-corrected chi connectivity index (χ0v) is 31.3. The van der Waals surface area contributed by atoms with Crippen molar-refractivity contribution in [3.63, 3.8) is 0 Å². The number of hydrogen-bond acceptors (Lipinski definition) is 10. The van der Waals surface area contributed by atoms with E-state index in [2.05, 4.69) is 10.6 Å². The molecule has 0 aromatic heterocycles. The standard InChI is InChI=1S/C42H52N2O10/c1-41(2,3)53-37(48)19-18-32(25-45)44-36(47)20-21-43-39(49)29-23-34(38-35(24-29)52-42(54-38,30-14-15-30)31-16-17-31)51-40(50)28-12-7-9-26(22-28)8-6-11-27-10-4-5-13-33(27)46/h4-10,12-13,22,24,30-32,34-35,38,45-46H,11,14-21,23,25H2,1-3H3,(H,43,49)(H,44,47). The maximum Gasteiger partial charge on any atom is 0.338 e. The number of allylic oxidation sites excluding steroid dienone is 1. The summed E-state index contributed by atoms with van der Waals surface area (Å²) < 4.78 is 24.8. The van der Waals surface area contributed by atoms with Gasteiger partial charge in [0, 0.05) is 43.2 Å². The second-order valence-corrected chi connectivity index (χ2v) is 15.7. The smallest absolute Gasteiger partial charge is 0.338 e. The van der Waals surface area contributed by atoms with Crippen LogP contribution in [0.25, 0.3) is 6.08 Å². The molecular weight excluding hydrogens is 692 g/mol. The third-order valence-electron chi connectivity index (χ3n) is 10.1. The highest BCUT2D eigenvalue weighted by atomic mass is 16.8. The van der Waals surface area contributed by atoms with Crippen molar-refractivity contribution < 1.29 is 48.3 Å². The van der Waals surface area contributed by atoms with Crippen LogP contribution in [0.15, 0.2) is 66.3 Å². The molecule has 2 aromatic carbocycles. The minimum absolute atomic E-state index is 0.0282. The predicted octanol–water partition coefficient (Wildman–Crippen LogP) is 4.91. The number of benzene rings is 2. The molecule has 4 atom stereocenters. The third kappa shape index (κ3) is 10.2. The SMILES string of the molecule is CC(C)(C)OC(=O)CCC(CO)NC(=O)CCNC(=O)C1=CC2OC(C3CC3)(C3CC3)OC2C(OC(=O)c2cccc(C=CCc3ccccc3O)c2)C1. The van der Waals surface area contributed by atoms with E-state index in [9.17, 15) is 29.4 Å². The first-order valence-electron chi connectivity index (χ1n) is 19.0. The Kier molecular flexibility index (Phi) is 12.2. The van der Waals surface area contributed by atoms with Crippen LogP contribution < -0.4 is 10.6 Å². The summed E-state index contributed by atoms with van der Waals surface area (Å²) in [5.74, 6) is -1.73. The van der Waals surface area contributed by atoms with Gasteiger partial charge in [0.15, 0.2) is 5.79 Å². The number of amides is 2. The maximum atomic E-state index is 13.6. The molecule has 290 valence electrons. The molecule has 4 aliphatic rings. The van der Waals surface area contributed by atoms with Crippen LogP contribution in [-0.4, -0.2) is 82.9 Å². The Morgan fingerprint density at radius 3 is 2.43 bits per heavy atom. The minimum Gasteiger partial charge on any atom is -0.508 e. The van der Waals surface area contributed by atoms with Crippen molar-refractivity contribution in [3.05, 3.63) is 82.9 Å². The summed E-state index contributed by atoms with van der Waals surface area (Å²) in [5, 5.41) is 25.3. The number of aliphatic hydroxyl groups is 1. The lowest BCUT2D eigenvalue weighted by Gasteiger charge is -2.31. The van der Waals surface area contributed by atoms with Crippen LogP contribution in [-0.2, 0) is 39.8 Å². The fourth-order valence-corrected chi connectivity index (χ4v) is 7.15. The van der Waals surface area contributed by atoms with Gasteiger partial charge in [0.05, 0.1) is 18.2 Å². The maximum absolute atomic E-state index is 13.6. The number of phenols is 1. The van der Waals surface area contributed by atoms with Crippen LogP contribution in [0.2, 0.25) is 0 Å². The molecule has 12 heteroatoms. The van der Waals surface area contributed by atoms with Crippen LogP contribution in [0.3, 0.4) is 0 Å². The summed E-state index contributed by atoms with van der Waals surface area (Å²) >= 11 is 0. The number of rotatable bonds is 16. The van der Waals surface area contributed by atoms with E-state index in [0.717, 1.165) is 36.8 Å². The zero-order chi connectivity index (χ0) is 38.5. The van der Waals surface area contributed by atoms with Gasteiger partial charge in [-0.25, -0.2) is 4.79 Å². The average Bonchev–Trinajstić information content (AvgIpc) is 4.08. The number of carbonyl (C=O) groups excluding carboxylic acids is 4. The fraction of sp³-hybridized carbons (Fsp3) is 0.524. The van der Waals surface area contributed by atoms with Crippen molar-refractivity contribution in [1.82, 2.24) is 10.6 Å². The van der Waals surface area contributed by atoms with Crippen molar-refractivity contribution >= 4 is 29.8 Å². The quantitative estimate of drug-likeness (QED) is 0.173. The number of hydrogen-bond donors (Lipinski definition) is 4. The lowest BCUT2D eigenvalue weighted by molar-refractivity contribution is -0.209. The van der Waals surface area contributed by atoms with E-state index in [-0.39, 0.29) is 62.3 Å². The number of ether oxygens (including phenoxy) is 4. The molecule has 2 amide bonds. The average molecular weight is 745 g/mol. The van der Waals surface area contributed by atoms with E-state index in [1.54, 1.807) is 57.2 Å². The molecule has 3 aliphatic carbocycles. The fourth-order valence-electron chi connectivity index (χ4n) is 7.15. The number of phenolic OH excluding ortho intramolecular Hbond substituents is 1. The van der Waals surface area contributed by atoms with E-state index in [1.807, 2.05) is 30.4 Å². The number of fused-ring (bicyclic) bond motifs is 1. The Morgan fingerprint density at radius 2 is 1.74 bits per heavy atom. The Balaban J connectivity index is 1.07. The molecule has 0 spiro atoms. The topological polar surface area (TPSA) is 170 Å². The second kappa shape index (κ2) is 16.9. The molecule has 6 rings (SSSR count). The van der Waals surface area contributed by atoms with Crippen molar-refractivity contribution in [2.24, 2.45) is 11.8 Å². The van der Waals surface area contributed by atoms with Gasteiger partial charge in [0.25, 0.3) is 0 Å².